The van der Waals surface area contributed by atoms with Crippen molar-refractivity contribution >= 4 is 17.5 Å². The molecule has 0 aliphatic heterocycles. The first-order valence-electron chi connectivity index (χ1n) is 5.90. The molecule has 0 aliphatic rings. The maximum absolute atomic E-state index is 13.6. The molecule has 0 heterocycles. The number of thioether (sulfide) groups is 1. The summed E-state index contributed by atoms with van der Waals surface area (Å²) >= 11 is 0.191. The van der Waals surface area contributed by atoms with Crippen molar-refractivity contribution in [2.24, 2.45) is 0 Å². The van der Waals surface area contributed by atoms with E-state index in [4.69, 9.17) is 0 Å². The number of unbranched alkanes of at least 4 members (excludes halogenated alkanes) is 2. The first-order chi connectivity index (χ1) is 8.88. The first kappa shape index (κ1) is 16.0. The van der Waals surface area contributed by atoms with Gasteiger partial charge in [-0.05, 0) is 24.3 Å². The summed E-state index contributed by atoms with van der Waals surface area (Å²) in [5, 5.41) is -3.69. The van der Waals surface area contributed by atoms with Gasteiger partial charge in [-0.1, -0.05) is 31.5 Å². The summed E-state index contributed by atoms with van der Waals surface area (Å²) in [7, 11) is 0. The third-order valence-corrected chi connectivity index (χ3v) is 3.51. The van der Waals surface area contributed by atoms with E-state index in [9.17, 15) is 22.4 Å². The smallest absolute Gasteiger partial charge is 0.286 e. The highest BCUT2D eigenvalue weighted by Gasteiger charge is 2.40. The van der Waals surface area contributed by atoms with E-state index in [0.717, 1.165) is 25.0 Å². The van der Waals surface area contributed by atoms with E-state index in [0.29, 0.717) is 12.5 Å². The Morgan fingerprint density at radius 3 is 2.53 bits per heavy atom. The number of carbonyl (C=O) groups is 1. The molecule has 0 saturated heterocycles. The highest BCUT2D eigenvalue weighted by molar-refractivity contribution is 8.01. The second-order valence-electron chi connectivity index (χ2n) is 4.03. The highest BCUT2D eigenvalue weighted by atomic mass is 32.2. The van der Waals surface area contributed by atoms with E-state index < -0.39 is 28.2 Å². The molecule has 0 atom stereocenters. The second kappa shape index (κ2) is 6.93. The Morgan fingerprint density at radius 2 is 1.95 bits per heavy atom. The van der Waals surface area contributed by atoms with Crippen LogP contribution in [0.15, 0.2) is 18.2 Å². The molecule has 0 fully saturated rings. The van der Waals surface area contributed by atoms with Crippen LogP contribution in [0.2, 0.25) is 0 Å². The van der Waals surface area contributed by atoms with E-state index in [1.165, 1.54) is 0 Å². The van der Waals surface area contributed by atoms with Crippen LogP contribution in [0.25, 0.3) is 0 Å². The predicted octanol–water partition coefficient (Wildman–Crippen LogP) is 4.66. The Hall–Kier alpha value is -1.04. The molecular weight excluding hydrogens is 280 g/mol. The van der Waals surface area contributed by atoms with Gasteiger partial charge in [0.05, 0.1) is 5.56 Å². The highest BCUT2D eigenvalue weighted by Crippen LogP contribution is 2.34. The van der Waals surface area contributed by atoms with Crippen molar-refractivity contribution in [2.75, 3.05) is 5.75 Å². The van der Waals surface area contributed by atoms with E-state index in [2.05, 4.69) is 0 Å². The molecule has 0 spiro atoms. The topological polar surface area (TPSA) is 17.1 Å². The van der Waals surface area contributed by atoms with Crippen LogP contribution in [0.5, 0.6) is 0 Å². The van der Waals surface area contributed by atoms with Gasteiger partial charge in [0.1, 0.15) is 11.6 Å². The lowest BCUT2D eigenvalue weighted by molar-refractivity contribution is 0.0562. The number of alkyl halides is 2. The standard InChI is InChI=1S/C13H14F4OS/c1-2-3-4-7-19-13(16,17)12(18)10-6-5-9(14)8-11(10)15/h5-6,8H,2-4,7H2,1H3. The molecule has 0 aliphatic carbocycles. The maximum atomic E-state index is 13.6. The van der Waals surface area contributed by atoms with Crippen LogP contribution in [0, 0.1) is 11.6 Å². The van der Waals surface area contributed by atoms with Crippen LogP contribution in [0.4, 0.5) is 17.6 Å². The van der Waals surface area contributed by atoms with Crippen LogP contribution in [0.1, 0.15) is 36.5 Å². The zero-order chi connectivity index (χ0) is 14.5. The maximum Gasteiger partial charge on any atom is 0.355 e. The average Bonchev–Trinajstić information content (AvgIpc) is 2.34. The van der Waals surface area contributed by atoms with Gasteiger partial charge in [-0.15, -0.1) is 0 Å². The van der Waals surface area contributed by atoms with Crippen LogP contribution in [0.3, 0.4) is 0 Å². The summed E-state index contributed by atoms with van der Waals surface area (Å²) in [6.45, 7) is 1.93. The Balaban J connectivity index is 2.74. The Morgan fingerprint density at radius 1 is 1.26 bits per heavy atom. The fourth-order valence-electron chi connectivity index (χ4n) is 1.45. The average molecular weight is 294 g/mol. The fraction of sp³-hybridized carbons (Fsp3) is 0.462. The monoisotopic (exact) mass is 294 g/mol. The van der Waals surface area contributed by atoms with Crippen molar-refractivity contribution in [1.82, 2.24) is 0 Å². The minimum atomic E-state index is -3.69. The van der Waals surface area contributed by atoms with Gasteiger partial charge in [0, 0.05) is 6.07 Å². The lowest BCUT2D eigenvalue weighted by Gasteiger charge is -2.14. The van der Waals surface area contributed by atoms with Gasteiger partial charge in [-0.25, -0.2) is 8.78 Å². The quantitative estimate of drug-likeness (QED) is 0.413. The van der Waals surface area contributed by atoms with E-state index >= 15 is 0 Å². The van der Waals surface area contributed by atoms with Crippen LogP contribution in [-0.2, 0) is 0 Å². The van der Waals surface area contributed by atoms with Crippen molar-refractivity contribution in [1.29, 1.82) is 0 Å². The number of Topliss-reactive ketones (excluding diaryl/α,β-unsaturated/α-hetero) is 1. The number of benzene rings is 1. The number of halogens is 4. The Kier molecular flexibility index (Phi) is 5.85. The fourth-order valence-corrected chi connectivity index (χ4v) is 2.29. The van der Waals surface area contributed by atoms with Crippen LogP contribution < -0.4 is 0 Å². The number of hydrogen-bond donors (Lipinski definition) is 0. The molecular formula is C13H14F4OS. The summed E-state index contributed by atoms with van der Waals surface area (Å²) in [6.07, 6.45) is 2.24. The van der Waals surface area contributed by atoms with Crippen molar-refractivity contribution in [3.8, 4) is 0 Å². The largest absolute Gasteiger partial charge is 0.355 e. The molecule has 1 aromatic carbocycles. The molecule has 19 heavy (non-hydrogen) atoms. The molecule has 6 heteroatoms. The molecule has 1 rings (SSSR count). The second-order valence-corrected chi connectivity index (χ2v) is 5.24. The van der Waals surface area contributed by atoms with Crippen molar-refractivity contribution in [3.63, 3.8) is 0 Å². The Labute approximate surface area is 113 Å². The molecule has 0 N–H and O–H groups in total. The van der Waals surface area contributed by atoms with E-state index in [1.54, 1.807) is 0 Å². The molecule has 1 nitrogen and oxygen atoms in total. The molecule has 0 unspecified atom stereocenters. The van der Waals surface area contributed by atoms with E-state index in [1.807, 2.05) is 6.92 Å². The number of rotatable bonds is 7. The summed E-state index contributed by atoms with van der Waals surface area (Å²) < 4.78 is 53.0. The molecule has 0 saturated carbocycles. The van der Waals surface area contributed by atoms with Gasteiger partial charge < -0.3 is 0 Å². The summed E-state index contributed by atoms with van der Waals surface area (Å²) in [5.74, 6) is -3.67. The van der Waals surface area contributed by atoms with Crippen molar-refractivity contribution < 1.29 is 22.4 Å². The van der Waals surface area contributed by atoms with Gasteiger partial charge in [0.2, 0.25) is 5.78 Å². The van der Waals surface area contributed by atoms with Gasteiger partial charge in [-0.3, -0.25) is 4.79 Å². The minimum absolute atomic E-state index is 0.120. The van der Waals surface area contributed by atoms with Gasteiger partial charge in [0.25, 0.3) is 0 Å². The van der Waals surface area contributed by atoms with Gasteiger partial charge >= 0.3 is 5.25 Å². The number of hydrogen-bond acceptors (Lipinski definition) is 2. The van der Waals surface area contributed by atoms with Gasteiger partial charge in [-0.2, -0.15) is 8.78 Å². The first-order valence-corrected chi connectivity index (χ1v) is 6.88. The van der Waals surface area contributed by atoms with Crippen molar-refractivity contribution in [3.05, 3.63) is 35.4 Å². The normalized spacial score (nSPS) is 11.6. The summed E-state index contributed by atoms with van der Waals surface area (Å²) in [4.78, 5) is 11.5. The Bertz CT molecular complexity index is 448. The molecule has 0 amide bonds. The zero-order valence-corrected chi connectivity index (χ0v) is 11.2. The summed E-state index contributed by atoms with van der Waals surface area (Å²) in [5.41, 5.74) is -0.783. The SMILES string of the molecule is CCCCCSC(F)(F)C(=O)c1ccc(F)cc1F. The van der Waals surface area contributed by atoms with Gasteiger partial charge in [0.15, 0.2) is 0 Å². The minimum Gasteiger partial charge on any atom is -0.286 e. The third kappa shape index (κ3) is 4.53. The predicted molar refractivity (Wildman–Crippen MR) is 67.6 cm³/mol. The molecule has 0 aromatic heterocycles. The number of carbonyl (C=O) groups excluding carboxylic acids is 1. The number of ketones is 1. The molecule has 106 valence electrons. The van der Waals surface area contributed by atoms with Crippen LogP contribution >= 0.6 is 11.8 Å². The van der Waals surface area contributed by atoms with Crippen LogP contribution in [-0.4, -0.2) is 16.8 Å². The molecule has 0 bridgehead atoms. The molecule has 1 aromatic rings. The zero-order valence-electron chi connectivity index (χ0n) is 10.4. The lowest BCUT2D eigenvalue weighted by Crippen LogP contribution is -2.26. The van der Waals surface area contributed by atoms with E-state index in [-0.39, 0.29) is 17.5 Å². The lowest BCUT2D eigenvalue weighted by atomic mass is 10.1. The van der Waals surface area contributed by atoms with Crippen molar-refractivity contribution in [2.45, 2.75) is 31.4 Å². The third-order valence-electron chi connectivity index (χ3n) is 2.47. The molecule has 0 radical (unpaired) electrons. The summed E-state index contributed by atoms with van der Waals surface area (Å²) in [6, 6.07) is 1.95.